The summed E-state index contributed by atoms with van der Waals surface area (Å²) in [4.78, 5) is 11.0. The van der Waals surface area contributed by atoms with E-state index >= 15 is 0 Å². The van der Waals surface area contributed by atoms with E-state index < -0.39 is 17.9 Å². The molecule has 0 saturated carbocycles. The van der Waals surface area contributed by atoms with Gasteiger partial charge in [0.05, 0.1) is 5.41 Å². The molecule has 0 aromatic carbocycles. The smallest absolute Gasteiger partial charge is 0.315 e. The first kappa shape index (κ1) is 10.4. The van der Waals surface area contributed by atoms with Crippen molar-refractivity contribution in [3.8, 4) is 0 Å². The molecular weight excluding hydrogens is 148 g/mol. The summed E-state index contributed by atoms with van der Waals surface area (Å²) in [5, 5.41) is 8.73. The number of aliphatic hydroxyl groups is 1. The highest BCUT2D eigenvalue weighted by Crippen LogP contribution is 2.15. The molecule has 0 aromatic rings. The van der Waals surface area contributed by atoms with Crippen molar-refractivity contribution >= 4 is 5.97 Å². The Hall–Kier alpha value is -0.610. The van der Waals surface area contributed by atoms with E-state index in [0.29, 0.717) is 0 Å². The molecule has 0 saturated heterocycles. The minimum atomic E-state index is -1.46. The van der Waals surface area contributed by atoms with Crippen LogP contribution < -0.4 is 0 Å². The lowest BCUT2D eigenvalue weighted by Gasteiger charge is -2.18. The molecule has 0 fully saturated rings. The van der Waals surface area contributed by atoms with E-state index in [1.807, 2.05) is 0 Å². The van der Waals surface area contributed by atoms with Crippen molar-refractivity contribution in [3.05, 3.63) is 0 Å². The molecule has 0 aromatic heterocycles. The number of rotatable bonds is 2. The third-order valence-electron chi connectivity index (χ3n) is 1.02. The molecule has 0 radical (unpaired) electrons. The molecule has 4 heteroatoms. The maximum atomic E-state index is 11.0. The van der Waals surface area contributed by atoms with Gasteiger partial charge in [0.2, 0.25) is 0 Å². The zero-order valence-electron chi connectivity index (χ0n) is 7.25. The van der Waals surface area contributed by atoms with Crippen molar-refractivity contribution in [2.75, 3.05) is 7.11 Å². The minimum absolute atomic E-state index is 0.494. The number of ether oxygens (including phenoxy) is 2. The number of hydrogen-bond donors (Lipinski definition) is 1. The standard InChI is InChI=1S/C7H14O4/c1-7(2,3)5(8)11-6(9)10-4/h6,9H,1-4H3. The average molecular weight is 162 g/mol. The number of hydrogen-bond acceptors (Lipinski definition) is 4. The fourth-order valence-corrected chi connectivity index (χ4v) is 0.316. The molecule has 1 N–H and O–H groups in total. The van der Waals surface area contributed by atoms with Gasteiger partial charge in [-0.25, -0.2) is 0 Å². The Kier molecular flexibility index (Phi) is 3.48. The van der Waals surface area contributed by atoms with Crippen LogP contribution in [0.2, 0.25) is 0 Å². The monoisotopic (exact) mass is 162 g/mol. The molecule has 4 nitrogen and oxygen atoms in total. The zero-order valence-corrected chi connectivity index (χ0v) is 7.25. The molecule has 1 unspecified atom stereocenters. The van der Waals surface area contributed by atoms with Crippen molar-refractivity contribution in [1.29, 1.82) is 0 Å². The summed E-state index contributed by atoms with van der Waals surface area (Å²) in [6, 6.07) is 0. The lowest BCUT2D eigenvalue weighted by molar-refractivity contribution is -0.248. The van der Waals surface area contributed by atoms with Crippen LogP contribution in [0.1, 0.15) is 20.8 Å². The number of carbonyl (C=O) groups excluding carboxylic acids is 1. The first-order chi connectivity index (χ1) is 4.88. The van der Waals surface area contributed by atoms with Crippen LogP contribution in [0.3, 0.4) is 0 Å². The maximum absolute atomic E-state index is 11.0. The highest BCUT2D eigenvalue weighted by atomic mass is 16.8. The largest absolute Gasteiger partial charge is 0.410 e. The molecule has 11 heavy (non-hydrogen) atoms. The molecule has 0 aliphatic rings. The van der Waals surface area contributed by atoms with Crippen LogP contribution in [0, 0.1) is 5.41 Å². The van der Waals surface area contributed by atoms with Gasteiger partial charge in [-0.2, -0.15) is 0 Å². The normalized spacial score (nSPS) is 14.3. The molecule has 0 aliphatic heterocycles. The number of carbonyl (C=O) groups is 1. The lowest BCUT2D eigenvalue weighted by Crippen LogP contribution is -2.28. The quantitative estimate of drug-likeness (QED) is 0.474. The van der Waals surface area contributed by atoms with Crippen LogP contribution in [0.4, 0.5) is 0 Å². The Bertz CT molecular complexity index is 136. The van der Waals surface area contributed by atoms with Gasteiger partial charge >= 0.3 is 12.4 Å². The van der Waals surface area contributed by atoms with Crippen LogP contribution in [-0.4, -0.2) is 24.7 Å². The summed E-state index contributed by atoms with van der Waals surface area (Å²) < 4.78 is 8.79. The Balaban J connectivity index is 3.88. The van der Waals surface area contributed by atoms with Crippen LogP contribution in [0.15, 0.2) is 0 Å². The second-order valence-corrected chi connectivity index (χ2v) is 3.20. The predicted molar refractivity (Wildman–Crippen MR) is 38.6 cm³/mol. The van der Waals surface area contributed by atoms with Crippen molar-refractivity contribution in [1.82, 2.24) is 0 Å². The van der Waals surface area contributed by atoms with Gasteiger partial charge in [0.25, 0.3) is 0 Å². The van der Waals surface area contributed by atoms with E-state index in [-0.39, 0.29) is 0 Å². The third kappa shape index (κ3) is 3.95. The van der Waals surface area contributed by atoms with Gasteiger partial charge in [-0.3, -0.25) is 4.79 Å². The minimum Gasteiger partial charge on any atom is -0.410 e. The summed E-state index contributed by atoms with van der Waals surface area (Å²) in [5.74, 6) is -0.494. The van der Waals surface area contributed by atoms with Crippen LogP contribution in [-0.2, 0) is 14.3 Å². The molecule has 0 heterocycles. The molecule has 0 rings (SSSR count). The van der Waals surface area contributed by atoms with Crippen molar-refractivity contribution in [3.63, 3.8) is 0 Å². The van der Waals surface area contributed by atoms with Gasteiger partial charge in [-0.15, -0.1) is 0 Å². The molecule has 0 amide bonds. The van der Waals surface area contributed by atoms with Crippen molar-refractivity contribution in [2.24, 2.45) is 5.41 Å². The zero-order chi connectivity index (χ0) is 9.07. The SMILES string of the molecule is COC(O)OC(=O)C(C)(C)C. The molecule has 0 spiro atoms. The molecule has 66 valence electrons. The topological polar surface area (TPSA) is 55.8 Å². The third-order valence-corrected chi connectivity index (χ3v) is 1.02. The van der Waals surface area contributed by atoms with Gasteiger partial charge in [-0.05, 0) is 20.8 Å². The van der Waals surface area contributed by atoms with E-state index in [2.05, 4.69) is 9.47 Å². The summed E-state index contributed by atoms with van der Waals surface area (Å²) >= 11 is 0. The van der Waals surface area contributed by atoms with Gasteiger partial charge in [0, 0.05) is 7.11 Å². The Labute approximate surface area is 66.1 Å². The second-order valence-electron chi connectivity index (χ2n) is 3.20. The van der Waals surface area contributed by atoms with Gasteiger partial charge in [-0.1, -0.05) is 0 Å². The Morgan fingerprint density at radius 1 is 1.45 bits per heavy atom. The highest BCUT2D eigenvalue weighted by Gasteiger charge is 2.25. The van der Waals surface area contributed by atoms with Crippen LogP contribution in [0.25, 0.3) is 0 Å². The van der Waals surface area contributed by atoms with E-state index in [9.17, 15) is 4.79 Å². The second kappa shape index (κ2) is 3.69. The van der Waals surface area contributed by atoms with E-state index in [1.54, 1.807) is 20.8 Å². The number of aliphatic hydroxyl groups excluding tert-OH is 1. The Morgan fingerprint density at radius 2 is 1.91 bits per heavy atom. The summed E-state index contributed by atoms with van der Waals surface area (Å²) in [5.41, 5.74) is -0.612. The van der Waals surface area contributed by atoms with E-state index in [4.69, 9.17) is 5.11 Å². The molecule has 1 atom stereocenters. The fraction of sp³-hybridized carbons (Fsp3) is 0.857. The highest BCUT2D eigenvalue weighted by molar-refractivity contribution is 5.75. The fourth-order valence-electron chi connectivity index (χ4n) is 0.316. The van der Waals surface area contributed by atoms with Gasteiger partial charge in [0.15, 0.2) is 0 Å². The molecule has 0 bridgehead atoms. The average Bonchev–Trinajstić information content (AvgIpc) is 1.85. The first-order valence-corrected chi connectivity index (χ1v) is 3.30. The Morgan fingerprint density at radius 3 is 2.18 bits per heavy atom. The maximum Gasteiger partial charge on any atom is 0.315 e. The van der Waals surface area contributed by atoms with Gasteiger partial charge < -0.3 is 14.6 Å². The predicted octanol–water partition coefficient (Wildman–Crippen LogP) is 0.498. The van der Waals surface area contributed by atoms with Gasteiger partial charge in [0.1, 0.15) is 0 Å². The summed E-state index contributed by atoms with van der Waals surface area (Å²) in [7, 11) is 1.25. The molecule has 0 aliphatic carbocycles. The van der Waals surface area contributed by atoms with E-state index in [1.165, 1.54) is 7.11 Å². The van der Waals surface area contributed by atoms with Crippen molar-refractivity contribution in [2.45, 2.75) is 27.2 Å². The number of methoxy groups -OCH3 is 1. The van der Waals surface area contributed by atoms with Crippen molar-refractivity contribution < 1.29 is 19.4 Å². The summed E-state index contributed by atoms with van der Waals surface area (Å²) in [6.07, 6.45) is 0. The first-order valence-electron chi connectivity index (χ1n) is 3.30. The molecular formula is C7H14O4. The lowest BCUT2D eigenvalue weighted by atomic mass is 9.98. The van der Waals surface area contributed by atoms with Crippen LogP contribution in [0.5, 0.6) is 0 Å². The van der Waals surface area contributed by atoms with Crippen LogP contribution >= 0.6 is 0 Å². The summed E-state index contributed by atoms with van der Waals surface area (Å²) in [6.45, 7) is 3.62. The number of esters is 1. The van der Waals surface area contributed by atoms with E-state index in [0.717, 1.165) is 0 Å².